The predicted octanol–water partition coefficient (Wildman–Crippen LogP) is 5.37. The number of ether oxygens (including phenoxy) is 2. The van der Waals surface area contributed by atoms with Crippen molar-refractivity contribution in [1.82, 2.24) is 0 Å². The van der Waals surface area contributed by atoms with Gasteiger partial charge in [-0.05, 0) is 31.4 Å². The minimum Gasteiger partial charge on any atom is -0.748 e. The van der Waals surface area contributed by atoms with Gasteiger partial charge in [0.25, 0.3) is 0 Å². The Morgan fingerprint density at radius 3 is 1.24 bits per heavy atom. The largest absolute Gasteiger partial charge is 1.00 e. The van der Waals surface area contributed by atoms with Crippen molar-refractivity contribution in [3.05, 3.63) is 35.4 Å². The molecule has 0 unspecified atom stereocenters. The van der Waals surface area contributed by atoms with Gasteiger partial charge in [-0.15, -0.1) is 0 Å². The number of carbonyl (C=O) groups excluding carboxylic acids is 2. The molecule has 0 saturated carbocycles. The minimum absolute atomic E-state index is 0. The monoisotopic (exact) mass is 620 g/mol. The molecule has 0 heterocycles. The van der Waals surface area contributed by atoms with Crippen molar-refractivity contribution in [1.29, 1.82) is 0 Å². The quantitative estimate of drug-likeness (QED) is 0.0593. The average Bonchev–Trinajstić information content (AvgIpc) is 2.93. The maximum atomic E-state index is 12.5. The third-order valence-electron chi connectivity index (χ3n) is 7.12. The van der Waals surface area contributed by atoms with Crippen LogP contribution in [-0.4, -0.2) is 43.9 Å². The van der Waals surface area contributed by atoms with E-state index in [0.717, 1.165) is 19.3 Å². The number of benzene rings is 1. The van der Waals surface area contributed by atoms with Crippen molar-refractivity contribution in [2.75, 3.05) is 19.0 Å². The fraction of sp³-hybridized carbons (Fsp3) is 0.750. The first-order valence-corrected chi connectivity index (χ1v) is 17.3. The zero-order chi connectivity index (χ0) is 29.3. The van der Waals surface area contributed by atoms with Gasteiger partial charge in [-0.2, -0.15) is 0 Å². The van der Waals surface area contributed by atoms with Gasteiger partial charge in [0, 0.05) is 5.75 Å². The second-order valence-corrected chi connectivity index (χ2v) is 12.3. The second-order valence-electron chi connectivity index (χ2n) is 10.8. The van der Waals surface area contributed by atoms with Crippen LogP contribution in [0, 0.1) is 0 Å². The normalized spacial score (nSPS) is 11.2. The van der Waals surface area contributed by atoms with Crippen molar-refractivity contribution in [2.24, 2.45) is 0 Å². The molecular formula is C32H53KO7S. The van der Waals surface area contributed by atoms with Crippen LogP contribution >= 0.6 is 0 Å². The molecule has 1 aromatic rings. The van der Waals surface area contributed by atoms with Gasteiger partial charge in [-0.3, -0.25) is 0 Å². The van der Waals surface area contributed by atoms with Crippen LogP contribution in [0.3, 0.4) is 0 Å². The van der Waals surface area contributed by atoms with E-state index in [9.17, 15) is 22.6 Å². The smallest absolute Gasteiger partial charge is 0.748 e. The standard InChI is InChI=1S/C32H54O7S.K/c1-2-3-4-5-6-7-8-9-10-11-12-13-14-15-16-17-18-21-26-38-31(33)29-24-19-20-25-30(29)32(34)39-27-22-23-28-40(35,36)37;/h19-20,24-25H,2-18,21-23,26-28H2,1H3,(H,35,36,37);/q;+1/p-1. The fourth-order valence-electron chi connectivity index (χ4n) is 4.71. The first-order valence-electron chi connectivity index (χ1n) is 15.7. The summed E-state index contributed by atoms with van der Waals surface area (Å²) in [6, 6.07) is 6.31. The predicted molar refractivity (Wildman–Crippen MR) is 160 cm³/mol. The fourth-order valence-corrected chi connectivity index (χ4v) is 5.27. The number of unbranched alkanes of at least 4 members (excludes halogenated alkanes) is 18. The number of carbonyl (C=O) groups is 2. The molecule has 0 aliphatic rings. The number of hydrogen-bond donors (Lipinski definition) is 0. The van der Waals surface area contributed by atoms with Crippen LogP contribution in [0.15, 0.2) is 24.3 Å². The molecule has 0 N–H and O–H groups in total. The summed E-state index contributed by atoms with van der Waals surface area (Å²) >= 11 is 0. The van der Waals surface area contributed by atoms with E-state index >= 15 is 0 Å². The molecule has 0 bridgehead atoms. The molecule has 1 rings (SSSR count). The summed E-state index contributed by atoms with van der Waals surface area (Å²) in [6.45, 7) is 2.55. The number of esters is 2. The Morgan fingerprint density at radius 2 is 0.902 bits per heavy atom. The van der Waals surface area contributed by atoms with E-state index < -0.39 is 27.8 Å². The van der Waals surface area contributed by atoms with Crippen molar-refractivity contribution >= 4 is 22.1 Å². The molecule has 9 heteroatoms. The van der Waals surface area contributed by atoms with E-state index in [2.05, 4.69) is 6.92 Å². The van der Waals surface area contributed by atoms with E-state index in [0.29, 0.717) is 6.61 Å². The molecule has 230 valence electrons. The molecule has 1 aromatic carbocycles. The molecule has 0 radical (unpaired) electrons. The Bertz CT molecular complexity index is 905. The van der Waals surface area contributed by atoms with Crippen LogP contribution in [0.1, 0.15) is 156 Å². The first kappa shape index (κ1) is 40.7. The van der Waals surface area contributed by atoms with Crippen molar-refractivity contribution in [2.45, 2.75) is 135 Å². The Balaban J connectivity index is 0.0000160. The summed E-state index contributed by atoms with van der Waals surface area (Å²) in [5.74, 6) is -1.73. The Morgan fingerprint density at radius 1 is 0.585 bits per heavy atom. The molecule has 7 nitrogen and oxygen atoms in total. The van der Waals surface area contributed by atoms with Crippen LogP contribution in [0.5, 0.6) is 0 Å². The number of rotatable bonds is 26. The Kier molecular flexibility index (Phi) is 27.1. The Labute approximate surface area is 292 Å². The minimum atomic E-state index is -4.28. The SMILES string of the molecule is CCCCCCCCCCCCCCCCCCCCOC(=O)c1ccccc1C(=O)OCCCCS(=O)(=O)[O-].[K+]. The van der Waals surface area contributed by atoms with Gasteiger partial charge in [0.05, 0.1) is 34.5 Å². The zero-order valence-corrected chi connectivity index (χ0v) is 29.8. The summed E-state index contributed by atoms with van der Waals surface area (Å²) in [6.07, 6.45) is 23.7. The molecule has 0 aliphatic heterocycles. The molecular weight excluding hydrogens is 568 g/mol. The van der Waals surface area contributed by atoms with Crippen LogP contribution in [0.4, 0.5) is 0 Å². The van der Waals surface area contributed by atoms with Crippen LogP contribution in [0.2, 0.25) is 0 Å². The van der Waals surface area contributed by atoms with Crippen molar-refractivity contribution < 1.29 is 83.4 Å². The van der Waals surface area contributed by atoms with E-state index in [1.54, 1.807) is 12.1 Å². The molecule has 0 amide bonds. The van der Waals surface area contributed by atoms with Gasteiger partial charge in [-0.1, -0.05) is 128 Å². The van der Waals surface area contributed by atoms with E-state index in [-0.39, 0.29) is 82.0 Å². The van der Waals surface area contributed by atoms with Gasteiger partial charge >= 0.3 is 63.3 Å². The molecule has 41 heavy (non-hydrogen) atoms. The van der Waals surface area contributed by atoms with E-state index in [1.807, 2.05) is 0 Å². The summed E-state index contributed by atoms with van der Waals surface area (Å²) in [5.41, 5.74) is 0.263. The van der Waals surface area contributed by atoms with Gasteiger partial charge in [0.15, 0.2) is 0 Å². The molecule has 0 saturated heterocycles. The third-order valence-corrected chi connectivity index (χ3v) is 7.91. The summed E-state index contributed by atoms with van der Waals surface area (Å²) in [4.78, 5) is 24.9. The van der Waals surface area contributed by atoms with Gasteiger partial charge in [0.2, 0.25) is 0 Å². The van der Waals surface area contributed by atoms with Gasteiger partial charge in [0.1, 0.15) is 0 Å². The maximum absolute atomic E-state index is 12.5. The van der Waals surface area contributed by atoms with Crippen LogP contribution in [-0.2, 0) is 19.6 Å². The van der Waals surface area contributed by atoms with E-state index in [4.69, 9.17) is 9.47 Å². The molecule has 0 aliphatic carbocycles. The Hall–Kier alpha value is -0.294. The molecule has 0 atom stereocenters. The third kappa shape index (κ3) is 23.8. The molecule has 0 fully saturated rings. The molecule has 0 spiro atoms. The van der Waals surface area contributed by atoms with E-state index in [1.165, 1.54) is 108 Å². The number of hydrogen-bond acceptors (Lipinski definition) is 7. The molecule has 0 aromatic heterocycles. The van der Waals surface area contributed by atoms with Crippen LogP contribution in [0.25, 0.3) is 0 Å². The van der Waals surface area contributed by atoms with Crippen molar-refractivity contribution in [3.8, 4) is 0 Å². The summed E-state index contributed by atoms with van der Waals surface area (Å²) in [5, 5.41) is 0. The first-order chi connectivity index (χ1) is 19.3. The maximum Gasteiger partial charge on any atom is 1.00 e. The average molecular weight is 621 g/mol. The zero-order valence-electron chi connectivity index (χ0n) is 25.8. The second kappa shape index (κ2) is 27.3. The van der Waals surface area contributed by atoms with Crippen molar-refractivity contribution in [3.63, 3.8) is 0 Å². The van der Waals surface area contributed by atoms with Gasteiger partial charge in [-0.25, -0.2) is 18.0 Å². The summed E-state index contributed by atoms with van der Waals surface area (Å²) in [7, 11) is -4.28. The van der Waals surface area contributed by atoms with Crippen LogP contribution < -0.4 is 51.4 Å². The summed E-state index contributed by atoms with van der Waals surface area (Å²) < 4.78 is 42.4. The van der Waals surface area contributed by atoms with Gasteiger partial charge < -0.3 is 14.0 Å². The topological polar surface area (TPSA) is 110 Å².